The van der Waals surface area contributed by atoms with Crippen LogP contribution in [0.3, 0.4) is 0 Å². The van der Waals surface area contributed by atoms with E-state index in [9.17, 15) is 4.39 Å². The van der Waals surface area contributed by atoms with Gasteiger partial charge in [-0.3, -0.25) is 0 Å². The zero-order valence-corrected chi connectivity index (χ0v) is 21.3. The summed E-state index contributed by atoms with van der Waals surface area (Å²) in [6, 6.07) is 29.6. The summed E-state index contributed by atoms with van der Waals surface area (Å²) in [4.78, 5) is 0. The van der Waals surface area contributed by atoms with Gasteiger partial charge in [0.15, 0.2) is 0 Å². The van der Waals surface area contributed by atoms with Crippen molar-refractivity contribution >= 4 is 23.2 Å². The van der Waals surface area contributed by atoms with Gasteiger partial charge in [0.05, 0.1) is 5.02 Å². The third-order valence-corrected chi connectivity index (χ3v) is 7.00. The van der Waals surface area contributed by atoms with Crippen LogP contribution in [0.5, 0.6) is 0 Å². The summed E-state index contributed by atoms with van der Waals surface area (Å²) in [6.07, 6.45) is 0. The van der Waals surface area contributed by atoms with Gasteiger partial charge in [-0.15, -0.1) is 0 Å². The summed E-state index contributed by atoms with van der Waals surface area (Å²) in [5.74, 6) is -0.788. The molecule has 0 spiro atoms. The molecule has 4 heteroatoms. The van der Waals surface area contributed by atoms with Crippen LogP contribution in [0.25, 0.3) is 44.5 Å². The van der Waals surface area contributed by atoms with Gasteiger partial charge in [-0.2, -0.15) is 0 Å². The fourth-order valence-corrected chi connectivity index (χ4v) is 4.88. The molecular formula is C32H22Cl2F2. The van der Waals surface area contributed by atoms with Gasteiger partial charge in [0.1, 0.15) is 11.6 Å². The Kier molecular flexibility index (Phi) is 6.66. The third kappa shape index (κ3) is 4.80. The summed E-state index contributed by atoms with van der Waals surface area (Å²) in [5.41, 5.74) is 8.89. The quantitative estimate of drug-likeness (QED) is 0.223. The fourth-order valence-electron chi connectivity index (χ4n) is 4.41. The summed E-state index contributed by atoms with van der Waals surface area (Å²) < 4.78 is 28.8. The number of rotatable bonds is 4. The van der Waals surface area contributed by atoms with E-state index in [2.05, 4.69) is 31.2 Å². The van der Waals surface area contributed by atoms with Gasteiger partial charge in [0.25, 0.3) is 0 Å². The topological polar surface area (TPSA) is 0 Å². The van der Waals surface area contributed by atoms with E-state index in [-0.39, 0.29) is 10.8 Å². The average Bonchev–Trinajstić information content (AvgIpc) is 2.86. The Balaban J connectivity index is 1.44. The lowest BCUT2D eigenvalue weighted by Crippen LogP contribution is -1.90. The molecule has 0 unspecified atom stereocenters. The van der Waals surface area contributed by atoms with Crippen molar-refractivity contribution in [3.8, 4) is 44.5 Å². The Bertz CT molecular complexity index is 1590. The van der Waals surface area contributed by atoms with Crippen molar-refractivity contribution in [2.24, 2.45) is 0 Å². The molecule has 0 atom stereocenters. The van der Waals surface area contributed by atoms with E-state index in [1.165, 1.54) is 17.7 Å². The highest BCUT2D eigenvalue weighted by atomic mass is 35.5. The number of hydrogen-bond donors (Lipinski definition) is 0. The van der Waals surface area contributed by atoms with Crippen molar-refractivity contribution in [2.75, 3.05) is 0 Å². The van der Waals surface area contributed by atoms with Crippen LogP contribution in [0.2, 0.25) is 10.0 Å². The zero-order chi connectivity index (χ0) is 25.4. The zero-order valence-electron chi connectivity index (χ0n) is 19.7. The molecule has 0 N–H and O–H groups in total. The number of halogens is 4. The molecule has 0 aliphatic carbocycles. The van der Waals surface area contributed by atoms with E-state index in [0.717, 1.165) is 38.9 Å². The molecule has 5 rings (SSSR count). The second-order valence-electron chi connectivity index (χ2n) is 8.91. The number of hydrogen-bond acceptors (Lipinski definition) is 0. The van der Waals surface area contributed by atoms with Crippen molar-refractivity contribution < 1.29 is 8.78 Å². The maximum Gasteiger partial charge on any atom is 0.141 e. The van der Waals surface area contributed by atoms with Crippen molar-refractivity contribution in [1.82, 2.24) is 0 Å². The molecule has 5 aromatic rings. The number of benzene rings is 5. The molecule has 0 aliphatic heterocycles. The standard InChI is InChI=1S/C32H22Cl2F2/c1-19-3-5-21(6-4-19)26-11-9-24(15-20(26)2)28-13-8-23(18-32(28)36)22-7-12-27(29(33)16-22)25-10-14-31(35)30(34)17-25/h3-18H,1-2H3. The fraction of sp³-hybridized carbons (Fsp3) is 0.0625. The predicted octanol–water partition coefficient (Wildman–Crippen LogP) is 10.6. The number of aryl methyl sites for hydroxylation is 2. The molecule has 0 heterocycles. The van der Waals surface area contributed by atoms with Gasteiger partial charge in [0, 0.05) is 16.1 Å². The van der Waals surface area contributed by atoms with Crippen LogP contribution in [0.4, 0.5) is 8.78 Å². The normalized spacial score (nSPS) is 11.1. The lowest BCUT2D eigenvalue weighted by Gasteiger charge is -2.12. The lowest BCUT2D eigenvalue weighted by atomic mass is 9.94. The van der Waals surface area contributed by atoms with Crippen LogP contribution >= 0.6 is 23.2 Å². The van der Waals surface area contributed by atoms with Gasteiger partial charge < -0.3 is 0 Å². The maximum atomic E-state index is 15.3. The Morgan fingerprint density at radius 3 is 1.61 bits per heavy atom. The van der Waals surface area contributed by atoms with Gasteiger partial charge in [-0.05, 0) is 77.1 Å². The molecule has 36 heavy (non-hydrogen) atoms. The van der Waals surface area contributed by atoms with Crippen LogP contribution in [0.15, 0.2) is 97.1 Å². The highest BCUT2D eigenvalue weighted by Crippen LogP contribution is 2.36. The molecule has 0 saturated carbocycles. The molecule has 0 nitrogen and oxygen atoms in total. The van der Waals surface area contributed by atoms with Crippen molar-refractivity contribution in [3.63, 3.8) is 0 Å². The van der Waals surface area contributed by atoms with E-state index < -0.39 is 5.82 Å². The molecule has 0 aromatic heterocycles. The van der Waals surface area contributed by atoms with Gasteiger partial charge in [0.2, 0.25) is 0 Å². The van der Waals surface area contributed by atoms with Crippen molar-refractivity contribution in [2.45, 2.75) is 13.8 Å². The van der Waals surface area contributed by atoms with Crippen molar-refractivity contribution in [1.29, 1.82) is 0 Å². The monoisotopic (exact) mass is 514 g/mol. The average molecular weight is 515 g/mol. The molecule has 0 fully saturated rings. The first-order valence-electron chi connectivity index (χ1n) is 11.5. The Labute approximate surface area is 219 Å². The summed E-state index contributed by atoms with van der Waals surface area (Å²) >= 11 is 12.5. The lowest BCUT2D eigenvalue weighted by molar-refractivity contribution is 0.628. The van der Waals surface area contributed by atoms with Crippen LogP contribution < -0.4 is 0 Å². The second-order valence-corrected chi connectivity index (χ2v) is 9.73. The second kappa shape index (κ2) is 9.89. The van der Waals surface area contributed by atoms with Crippen LogP contribution in [0.1, 0.15) is 11.1 Å². The minimum absolute atomic E-state index is 0.0347. The highest BCUT2D eigenvalue weighted by molar-refractivity contribution is 6.34. The summed E-state index contributed by atoms with van der Waals surface area (Å²) in [7, 11) is 0. The van der Waals surface area contributed by atoms with E-state index in [0.29, 0.717) is 16.1 Å². The van der Waals surface area contributed by atoms with E-state index in [1.807, 2.05) is 43.3 Å². The van der Waals surface area contributed by atoms with E-state index in [4.69, 9.17) is 23.2 Å². The van der Waals surface area contributed by atoms with Crippen molar-refractivity contribution in [3.05, 3.63) is 130 Å². The van der Waals surface area contributed by atoms with Gasteiger partial charge in [-0.25, -0.2) is 8.78 Å². The summed E-state index contributed by atoms with van der Waals surface area (Å²) in [5, 5.41) is 0.509. The SMILES string of the molecule is Cc1ccc(-c2ccc(-c3ccc(-c4ccc(-c5ccc(F)c(Cl)c5)c(Cl)c4)cc3F)cc2C)cc1. The Hall–Kier alpha value is -3.46. The third-order valence-electron chi connectivity index (χ3n) is 6.40. The van der Waals surface area contributed by atoms with E-state index >= 15 is 4.39 Å². The Morgan fingerprint density at radius 2 is 0.972 bits per heavy atom. The first-order valence-corrected chi connectivity index (χ1v) is 12.3. The molecule has 0 radical (unpaired) electrons. The predicted molar refractivity (Wildman–Crippen MR) is 148 cm³/mol. The first kappa shape index (κ1) is 24.2. The molecule has 0 bridgehead atoms. The smallest absolute Gasteiger partial charge is 0.141 e. The van der Waals surface area contributed by atoms with Crippen LogP contribution in [0, 0.1) is 25.5 Å². The molecule has 0 saturated heterocycles. The maximum absolute atomic E-state index is 15.3. The largest absolute Gasteiger partial charge is 0.206 e. The molecule has 0 aliphatic rings. The summed E-state index contributed by atoms with van der Waals surface area (Å²) in [6.45, 7) is 4.11. The first-order chi connectivity index (χ1) is 17.3. The highest BCUT2D eigenvalue weighted by Gasteiger charge is 2.12. The molecule has 178 valence electrons. The van der Waals surface area contributed by atoms with Crippen LogP contribution in [-0.4, -0.2) is 0 Å². The minimum Gasteiger partial charge on any atom is -0.206 e. The Morgan fingerprint density at radius 1 is 0.444 bits per heavy atom. The minimum atomic E-state index is -0.483. The molecule has 0 amide bonds. The molecule has 5 aromatic carbocycles. The van der Waals surface area contributed by atoms with Gasteiger partial charge >= 0.3 is 0 Å². The van der Waals surface area contributed by atoms with E-state index in [1.54, 1.807) is 24.3 Å². The van der Waals surface area contributed by atoms with Gasteiger partial charge in [-0.1, -0.05) is 102 Å². The molecular weight excluding hydrogens is 493 g/mol. The van der Waals surface area contributed by atoms with Crippen LogP contribution in [-0.2, 0) is 0 Å².